The third-order valence-electron chi connectivity index (χ3n) is 6.32. The first-order valence-corrected chi connectivity index (χ1v) is 11.8. The Kier molecular flexibility index (Phi) is 6.40. The molecule has 0 saturated carbocycles. The van der Waals surface area contributed by atoms with E-state index in [2.05, 4.69) is 93.8 Å². The number of hydrogen-bond acceptors (Lipinski definition) is 4. The summed E-state index contributed by atoms with van der Waals surface area (Å²) < 4.78 is 1.91. The summed E-state index contributed by atoms with van der Waals surface area (Å²) in [7, 11) is 0. The van der Waals surface area contributed by atoms with Gasteiger partial charge in [0.2, 0.25) is 5.91 Å². The first kappa shape index (κ1) is 21.9. The van der Waals surface area contributed by atoms with Crippen molar-refractivity contribution >= 4 is 17.4 Å². The molecule has 1 aliphatic heterocycles. The highest BCUT2D eigenvalue weighted by Gasteiger charge is 2.35. The Morgan fingerprint density at radius 2 is 1.44 bits per heavy atom. The second-order valence-electron chi connectivity index (χ2n) is 8.48. The highest BCUT2D eigenvalue weighted by Crippen LogP contribution is 2.36. The topological polar surface area (TPSA) is 71.0 Å². The van der Waals surface area contributed by atoms with Crippen molar-refractivity contribution in [1.29, 1.82) is 0 Å². The molecule has 2 heterocycles. The number of benzene rings is 3. The summed E-state index contributed by atoms with van der Waals surface area (Å²) in [6, 6.07) is 31.2. The molecular formula is C28H29N5O. The molecular weight excluding hydrogens is 422 g/mol. The van der Waals surface area contributed by atoms with E-state index in [1.807, 2.05) is 22.9 Å². The van der Waals surface area contributed by atoms with Crippen molar-refractivity contribution in [3.63, 3.8) is 0 Å². The van der Waals surface area contributed by atoms with Crippen LogP contribution in [0.2, 0.25) is 0 Å². The van der Waals surface area contributed by atoms with E-state index in [0.717, 1.165) is 47.7 Å². The molecule has 0 unspecified atom stereocenters. The van der Waals surface area contributed by atoms with Gasteiger partial charge in [-0.05, 0) is 23.1 Å². The number of aromatic nitrogens is 2. The van der Waals surface area contributed by atoms with Crippen LogP contribution in [0.4, 0.5) is 11.5 Å². The first-order chi connectivity index (χ1) is 16.8. The molecule has 0 spiro atoms. The van der Waals surface area contributed by atoms with E-state index in [-0.39, 0.29) is 5.91 Å². The molecule has 1 aromatic heterocycles. The fourth-order valence-corrected chi connectivity index (χ4v) is 4.72. The van der Waals surface area contributed by atoms with Crippen molar-refractivity contribution in [3.05, 3.63) is 114 Å². The van der Waals surface area contributed by atoms with Gasteiger partial charge in [-0.25, -0.2) is 4.68 Å². The Hall–Kier alpha value is -3.90. The van der Waals surface area contributed by atoms with Crippen LogP contribution in [-0.4, -0.2) is 28.8 Å². The molecule has 0 aliphatic carbocycles. The quantitative estimate of drug-likeness (QED) is 0.342. The van der Waals surface area contributed by atoms with Gasteiger partial charge in [-0.2, -0.15) is 5.10 Å². The molecule has 3 aromatic carbocycles. The number of fused-ring (bicyclic) bond motifs is 1. The van der Waals surface area contributed by atoms with Crippen molar-refractivity contribution in [3.8, 4) is 0 Å². The molecule has 4 aromatic rings. The standard InChI is InChI=1S/C28H29N5O/c34-26(32-25-21-31-33-20-10-18-29-27(25)33)17-19-30-28(22-11-4-1-5-12-22,23-13-6-2-7-14-23)24-15-8-3-9-16-24/h1-9,11-16,21,29-30H,10,17-20H2,(H,32,34). The number of nitrogens with zero attached hydrogens (tertiary/aromatic N) is 2. The van der Waals surface area contributed by atoms with Crippen molar-refractivity contribution in [1.82, 2.24) is 15.1 Å². The monoisotopic (exact) mass is 451 g/mol. The van der Waals surface area contributed by atoms with Gasteiger partial charge < -0.3 is 10.6 Å². The number of hydrogen-bond donors (Lipinski definition) is 3. The number of nitrogens with one attached hydrogen (secondary N) is 3. The molecule has 6 heteroatoms. The lowest BCUT2D eigenvalue weighted by Gasteiger charge is -2.37. The minimum Gasteiger partial charge on any atom is -0.368 e. The van der Waals surface area contributed by atoms with Gasteiger partial charge in [0.15, 0.2) is 0 Å². The Morgan fingerprint density at radius 3 is 2.00 bits per heavy atom. The molecule has 1 amide bonds. The highest BCUT2D eigenvalue weighted by molar-refractivity contribution is 5.93. The summed E-state index contributed by atoms with van der Waals surface area (Å²) in [6.45, 7) is 2.26. The van der Waals surface area contributed by atoms with Crippen LogP contribution in [0.3, 0.4) is 0 Å². The van der Waals surface area contributed by atoms with Gasteiger partial charge in [0, 0.05) is 26.1 Å². The van der Waals surface area contributed by atoms with Crippen LogP contribution in [0.15, 0.2) is 97.2 Å². The Balaban J connectivity index is 1.40. The molecule has 34 heavy (non-hydrogen) atoms. The maximum absolute atomic E-state index is 12.9. The van der Waals surface area contributed by atoms with E-state index < -0.39 is 5.54 Å². The summed E-state index contributed by atoms with van der Waals surface area (Å²) >= 11 is 0. The lowest BCUT2D eigenvalue weighted by Crippen LogP contribution is -2.45. The maximum atomic E-state index is 12.9. The maximum Gasteiger partial charge on any atom is 0.225 e. The average Bonchev–Trinajstić information content (AvgIpc) is 3.31. The van der Waals surface area contributed by atoms with Crippen molar-refractivity contribution in [2.75, 3.05) is 23.7 Å². The fourth-order valence-electron chi connectivity index (χ4n) is 4.72. The van der Waals surface area contributed by atoms with Crippen LogP contribution in [0.1, 0.15) is 29.5 Å². The van der Waals surface area contributed by atoms with Crippen LogP contribution in [0.25, 0.3) is 0 Å². The Labute approximate surface area is 200 Å². The van der Waals surface area contributed by atoms with Gasteiger partial charge in [0.25, 0.3) is 0 Å². The Bertz CT molecular complexity index is 1130. The molecule has 0 fully saturated rings. The van der Waals surface area contributed by atoms with E-state index in [0.29, 0.717) is 13.0 Å². The third kappa shape index (κ3) is 4.32. The lowest BCUT2D eigenvalue weighted by molar-refractivity contribution is -0.116. The van der Waals surface area contributed by atoms with Gasteiger partial charge in [-0.1, -0.05) is 91.0 Å². The molecule has 0 radical (unpaired) electrons. The predicted octanol–water partition coefficient (Wildman–Crippen LogP) is 4.61. The molecule has 0 atom stereocenters. The lowest BCUT2D eigenvalue weighted by atomic mass is 9.77. The van der Waals surface area contributed by atoms with E-state index >= 15 is 0 Å². The largest absolute Gasteiger partial charge is 0.368 e. The van der Waals surface area contributed by atoms with Gasteiger partial charge >= 0.3 is 0 Å². The number of carbonyl (C=O) groups excluding carboxylic acids is 1. The van der Waals surface area contributed by atoms with Crippen molar-refractivity contribution < 1.29 is 4.79 Å². The number of rotatable bonds is 8. The minimum absolute atomic E-state index is 0.0428. The smallest absolute Gasteiger partial charge is 0.225 e. The summed E-state index contributed by atoms with van der Waals surface area (Å²) in [6.07, 6.45) is 3.09. The van der Waals surface area contributed by atoms with Gasteiger partial charge in [0.1, 0.15) is 11.5 Å². The molecule has 172 valence electrons. The Morgan fingerprint density at radius 1 is 0.882 bits per heavy atom. The molecule has 1 aliphatic rings. The zero-order valence-electron chi connectivity index (χ0n) is 19.1. The van der Waals surface area contributed by atoms with Crippen LogP contribution < -0.4 is 16.0 Å². The van der Waals surface area contributed by atoms with Crippen LogP contribution >= 0.6 is 0 Å². The molecule has 6 nitrogen and oxygen atoms in total. The van der Waals surface area contributed by atoms with Crippen LogP contribution in [-0.2, 0) is 16.9 Å². The summed E-state index contributed by atoms with van der Waals surface area (Å²) in [4.78, 5) is 12.9. The zero-order chi connectivity index (χ0) is 23.2. The summed E-state index contributed by atoms with van der Waals surface area (Å²) in [5, 5.41) is 14.5. The SMILES string of the molecule is O=C(CCNC(c1ccccc1)(c1ccccc1)c1ccccc1)Nc1cnn2c1NCCC2. The molecule has 0 saturated heterocycles. The normalized spacial score (nSPS) is 13.1. The second-order valence-corrected chi connectivity index (χ2v) is 8.48. The van der Waals surface area contributed by atoms with Gasteiger partial charge in [-0.3, -0.25) is 10.1 Å². The molecule has 3 N–H and O–H groups in total. The van der Waals surface area contributed by atoms with Crippen LogP contribution in [0, 0.1) is 0 Å². The second kappa shape index (κ2) is 9.93. The van der Waals surface area contributed by atoms with E-state index in [4.69, 9.17) is 0 Å². The zero-order valence-corrected chi connectivity index (χ0v) is 19.1. The van der Waals surface area contributed by atoms with E-state index in [9.17, 15) is 4.79 Å². The predicted molar refractivity (Wildman–Crippen MR) is 136 cm³/mol. The first-order valence-electron chi connectivity index (χ1n) is 11.8. The number of carbonyl (C=O) groups is 1. The minimum atomic E-state index is -0.581. The number of amides is 1. The van der Waals surface area contributed by atoms with Gasteiger partial charge in [-0.15, -0.1) is 0 Å². The number of aryl methyl sites for hydroxylation is 1. The van der Waals surface area contributed by atoms with Crippen molar-refractivity contribution in [2.45, 2.75) is 24.9 Å². The highest BCUT2D eigenvalue weighted by atomic mass is 16.1. The van der Waals surface area contributed by atoms with Gasteiger partial charge in [0.05, 0.1) is 11.7 Å². The van der Waals surface area contributed by atoms with E-state index in [1.54, 1.807) is 6.20 Å². The molecule has 0 bridgehead atoms. The third-order valence-corrected chi connectivity index (χ3v) is 6.32. The summed E-state index contributed by atoms with van der Waals surface area (Å²) in [5.41, 5.74) is 3.54. The average molecular weight is 452 g/mol. The molecule has 5 rings (SSSR count). The van der Waals surface area contributed by atoms with E-state index in [1.165, 1.54) is 0 Å². The summed E-state index contributed by atoms with van der Waals surface area (Å²) in [5.74, 6) is 0.846. The van der Waals surface area contributed by atoms with Crippen molar-refractivity contribution in [2.24, 2.45) is 0 Å². The fraction of sp³-hybridized carbons (Fsp3) is 0.214. The number of anilines is 2. The van der Waals surface area contributed by atoms with Crippen LogP contribution in [0.5, 0.6) is 0 Å².